The van der Waals surface area contributed by atoms with Crippen LogP contribution in [0.15, 0.2) is 23.7 Å². The molecule has 1 nitrogen and oxygen atoms in total. The highest BCUT2D eigenvalue weighted by Crippen LogP contribution is 2.28. The van der Waals surface area contributed by atoms with E-state index in [1.807, 2.05) is 0 Å². The number of hydrogen-bond acceptors (Lipinski definition) is 2. The van der Waals surface area contributed by atoms with Crippen LogP contribution in [-0.4, -0.2) is 4.98 Å². The number of rotatable bonds is 1. The summed E-state index contributed by atoms with van der Waals surface area (Å²) < 4.78 is 38.9. The van der Waals surface area contributed by atoms with Gasteiger partial charge in [-0.2, -0.15) is 0 Å². The Morgan fingerprint density at radius 1 is 1.07 bits per heavy atom. The zero-order valence-corrected chi connectivity index (χ0v) is 7.62. The van der Waals surface area contributed by atoms with Gasteiger partial charge in [0.1, 0.15) is 22.5 Å². The molecule has 14 heavy (non-hydrogen) atoms. The van der Waals surface area contributed by atoms with E-state index in [0.29, 0.717) is 12.1 Å². The van der Waals surface area contributed by atoms with Gasteiger partial charge in [-0.05, 0) is 0 Å². The second-order valence-corrected chi connectivity index (χ2v) is 3.48. The van der Waals surface area contributed by atoms with Crippen LogP contribution in [0.5, 0.6) is 0 Å². The van der Waals surface area contributed by atoms with Crippen molar-refractivity contribution in [3.05, 3.63) is 41.2 Å². The molecule has 0 aliphatic carbocycles. The van der Waals surface area contributed by atoms with Crippen LogP contribution in [-0.2, 0) is 0 Å². The summed E-state index contributed by atoms with van der Waals surface area (Å²) in [6.07, 6.45) is 1.43. The predicted octanol–water partition coefficient (Wildman–Crippen LogP) is 3.23. The molecular weight excluding hydrogens is 211 g/mol. The molecule has 0 aliphatic rings. The zero-order valence-electron chi connectivity index (χ0n) is 6.80. The molecule has 0 spiro atoms. The maximum atomic E-state index is 13.2. The van der Waals surface area contributed by atoms with Crippen molar-refractivity contribution in [2.45, 2.75) is 0 Å². The molecule has 1 aromatic heterocycles. The smallest absolute Gasteiger partial charge is 0.139 e. The van der Waals surface area contributed by atoms with Crippen molar-refractivity contribution in [3.8, 4) is 10.6 Å². The Morgan fingerprint density at radius 3 is 2.21 bits per heavy atom. The highest BCUT2D eigenvalue weighted by Gasteiger charge is 2.15. The molecule has 2 rings (SSSR count). The molecular formula is C9H4F3NS. The molecule has 2 aromatic rings. The second kappa shape index (κ2) is 3.42. The zero-order chi connectivity index (χ0) is 10.1. The van der Waals surface area contributed by atoms with Gasteiger partial charge in [0.15, 0.2) is 0 Å². The van der Waals surface area contributed by atoms with E-state index < -0.39 is 17.5 Å². The Bertz CT molecular complexity index is 430. The maximum Gasteiger partial charge on any atom is 0.139 e. The molecule has 0 saturated carbocycles. The summed E-state index contributed by atoms with van der Waals surface area (Å²) >= 11 is 1.10. The van der Waals surface area contributed by atoms with Gasteiger partial charge in [-0.1, -0.05) is 0 Å². The lowest BCUT2D eigenvalue weighted by atomic mass is 10.2. The Morgan fingerprint density at radius 2 is 1.71 bits per heavy atom. The first-order valence-corrected chi connectivity index (χ1v) is 4.61. The molecule has 1 aromatic carbocycles. The van der Waals surface area contributed by atoms with Gasteiger partial charge in [0.25, 0.3) is 0 Å². The molecule has 0 N–H and O–H groups in total. The number of halogens is 3. The molecule has 0 aliphatic heterocycles. The van der Waals surface area contributed by atoms with Gasteiger partial charge >= 0.3 is 0 Å². The van der Waals surface area contributed by atoms with Crippen LogP contribution in [0.3, 0.4) is 0 Å². The standard InChI is InChI=1S/C9H4F3NS/c10-5-3-6(11)8(7(12)4-5)9-13-1-2-14-9/h1-4H. The lowest BCUT2D eigenvalue weighted by Crippen LogP contribution is -1.91. The van der Waals surface area contributed by atoms with E-state index in [4.69, 9.17) is 0 Å². The SMILES string of the molecule is Fc1cc(F)c(-c2nccs2)c(F)c1. The van der Waals surface area contributed by atoms with E-state index in [1.54, 1.807) is 5.38 Å². The quantitative estimate of drug-likeness (QED) is 0.711. The van der Waals surface area contributed by atoms with E-state index in [2.05, 4.69) is 4.98 Å². The second-order valence-electron chi connectivity index (χ2n) is 2.58. The summed E-state index contributed by atoms with van der Waals surface area (Å²) in [7, 11) is 0. The van der Waals surface area contributed by atoms with Crippen molar-refractivity contribution < 1.29 is 13.2 Å². The summed E-state index contributed by atoms with van der Waals surface area (Å²) in [6, 6.07) is 1.28. The van der Waals surface area contributed by atoms with Gasteiger partial charge < -0.3 is 0 Å². The van der Waals surface area contributed by atoms with Crippen LogP contribution in [0.25, 0.3) is 10.6 Å². The first-order chi connectivity index (χ1) is 6.68. The average molecular weight is 215 g/mol. The van der Waals surface area contributed by atoms with Crippen LogP contribution in [0.4, 0.5) is 13.2 Å². The van der Waals surface area contributed by atoms with Gasteiger partial charge in [-0.15, -0.1) is 11.3 Å². The summed E-state index contributed by atoms with van der Waals surface area (Å²) in [5.74, 6) is -2.80. The van der Waals surface area contributed by atoms with Gasteiger partial charge in [0.05, 0.1) is 5.56 Å². The third-order valence-corrected chi connectivity index (χ3v) is 2.44. The minimum absolute atomic E-state index is 0.208. The fourth-order valence-corrected chi connectivity index (χ4v) is 1.78. The average Bonchev–Trinajstić information content (AvgIpc) is 2.54. The fourth-order valence-electron chi connectivity index (χ4n) is 1.09. The van der Waals surface area contributed by atoms with Crippen LogP contribution >= 0.6 is 11.3 Å². The minimum Gasteiger partial charge on any atom is -0.244 e. The first kappa shape index (κ1) is 9.21. The monoisotopic (exact) mass is 215 g/mol. The molecule has 0 saturated heterocycles. The molecule has 72 valence electrons. The Labute approximate surface area is 81.8 Å². The van der Waals surface area contributed by atoms with Crippen molar-refractivity contribution in [1.29, 1.82) is 0 Å². The number of thiazole rings is 1. The highest BCUT2D eigenvalue weighted by molar-refractivity contribution is 7.13. The van der Waals surface area contributed by atoms with Crippen molar-refractivity contribution in [2.75, 3.05) is 0 Å². The Hall–Kier alpha value is -1.36. The van der Waals surface area contributed by atoms with Gasteiger partial charge in [0.2, 0.25) is 0 Å². The summed E-state index contributed by atoms with van der Waals surface area (Å²) in [4.78, 5) is 3.75. The molecule has 0 atom stereocenters. The normalized spacial score (nSPS) is 10.5. The maximum absolute atomic E-state index is 13.2. The topological polar surface area (TPSA) is 12.9 Å². The van der Waals surface area contributed by atoms with Crippen molar-refractivity contribution >= 4 is 11.3 Å². The first-order valence-electron chi connectivity index (χ1n) is 3.73. The number of nitrogens with zero attached hydrogens (tertiary/aromatic N) is 1. The molecule has 0 unspecified atom stereocenters. The number of benzene rings is 1. The van der Waals surface area contributed by atoms with Gasteiger partial charge in [0, 0.05) is 23.7 Å². The molecule has 0 amide bonds. The van der Waals surface area contributed by atoms with E-state index in [0.717, 1.165) is 11.3 Å². The van der Waals surface area contributed by atoms with Crippen molar-refractivity contribution in [1.82, 2.24) is 4.98 Å². The van der Waals surface area contributed by atoms with Crippen molar-refractivity contribution in [2.24, 2.45) is 0 Å². The molecule has 5 heteroatoms. The minimum atomic E-state index is -0.933. The fraction of sp³-hybridized carbons (Fsp3) is 0. The van der Waals surface area contributed by atoms with Crippen LogP contribution in [0, 0.1) is 17.5 Å². The molecule has 0 fully saturated rings. The summed E-state index contributed by atoms with van der Waals surface area (Å²) in [5.41, 5.74) is -0.276. The van der Waals surface area contributed by atoms with Crippen molar-refractivity contribution in [3.63, 3.8) is 0 Å². The largest absolute Gasteiger partial charge is 0.244 e. The number of aromatic nitrogens is 1. The van der Waals surface area contributed by atoms with Crippen LogP contribution in [0.2, 0.25) is 0 Å². The number of hydrogen-bond donors (Lipinski definition) is 0. The third kappa shape index (κ3) is 1.50. The van der Waals surface area contributed by atoms with E-state index in [-0.39, 0.29) is 10.6 Å². The Kier molecular flexibility index (Phi) is 2.25. The lowest BCUT2D eigenvalue weighted by molar-refractivity contribution is 0.548. The van der Waals surface area contributed by atoms with Crippen LogP contribution in [0.1, 0.15) is 0 Å². The summed E-state index contributed by atoms with van der Waals surface area (Å²) in [6.45, 7) is 0. The predicted molar refractivity (Wildman–Crippen MR) is 47.4 cm³/mol. The van der Waals surface area contributed by atoms with Crippen LogP contribution < -0.4 is 0 Å². The Balaban J connectivity index is 2.64. The lowest BCUT2D eigenvalue weighted by Gasteiger charge is -2.00. The summed E-state index contributed by atoms with van der Waals surface area (Å²) in [5, 5.41) is 1.80. The van der Waals surface area contributed by atoms with Gasteiger partial charge in [-0.3, -0.25) is 0 Å². The molecule has 0 bridgehead atoms. The van der Waals surface area contributed by atoms with E-state index >= 15 is 0 Å². The highest BCUT2D eigenvalue weighted by atomic mass is 32.1. The van der Waals surface area contributed by atoms with E-state index in [1.165, 1.54) is 6.20 Å². The van der Waals surface area contributed by atoms with E-state index in [9.17, 15) is 13.2 Å². The van der Waals surface area contributed by atoms with Gasteiger partial charge in [-0.25, -0.2) is 18.2 Å². The molecule has 0 radical (unpaired) electrons. The third-order valence-electron chi connectivity index (χ3n) is 1.65. The molecule has 1 heterocycles.